The van der Waals surface area contributed by atoms with Gasteiger partial charge in [-0.15, -0.1) is 0 Å². The number of hydrogen-bond donors (Lipinski definition) is 1. The Hall–Kier alpha value is -0.670. The molecule has 0 spiro atoms. The van der Waals surface area contributed by atoms with Gasteiger partial charge in [-0.1, -0.05) is 13.8 Å². The first-order chi connectivity index (χ1) is 7.84. The molecular formula is C13H20F2O2. The molecule has 0 aromatic carbocycles. The molecule has 4 atom stereocenters. The van der Waals surface area contributed by atoms with Crippen LogP contribution < -0.4 is 0 Å². The summed E-state index contributed by atoms with van der Waals surface area (Å²) in [5, 5.41) is 8.76. The van der Waals surface area contributed by atoms with Crippen molar-refractivity contribution in [3.63, 3.8) is 0 Å². The first-order valence-corrected chi connectivity index (χ1v) is 6.34. The summed E-state index contributed by atoms with van der Waals surface area (Å²) in [5.74, 6) is -1.22. The van der Waals surface area contributed by atoms with E-state index in [1.54, 1.807) is 0 Å². The number of carbonyl (C=O) groups is 1. The fourth-order valence-electron chi connectivity index (χ4n) is 4.01. The summed E-state index contributed by atoms with van der Waals surface area (Å²) in [4.78, 5) is 10.7. The first-order valence-electron chi connectivity index (χ1n) is 6.34. The van der Waals surface area contributed by atoms with Gasteiger partial charge in [0.2, 0.25) is 6.43 Å². The lowest BCUT2D eigenvalue weighted by atomic mass is 9.44. The zero-order valence-electron chi connectivity index (χ0n) is 10.3. The average Bonchev–Trinajstić information content (AvgIpc) is 2.25. The third kappa shape index (κ3) is 2.06. The van der Waals surface area contributed by atoms with E-state index in [1.807, 2.05) is 0 Å². The summed E-state index contributed by atoms with van der Waals surface area (Å²) in [6.07, 6.45) is -0.123. The Morgan fingerprint density at radius 1 is 1.41 bits per heavy atom. The normalized spacial score (nSPS) is 36.4. The molecule has 0 heterocycles. The summed E-state index contributed by atoms with van der Waals surface area (Å²) in [7, 11) is 0. The minimum atomic E-state index is -2.51. The molecule has 3 fully saturated rings. The molecule has 0 radical (unpaired) electrons. The second-order valence-electron chi connectivity index (χ2n) is 6.20. The Bertz CT molecular complexity index is 313. The zero-order chi connectivity index (χ0) is 12.8. The van der Waals surface area contributed by atoms with Gasteiger partial charge in [0.05, 0.1) is 6.42 Å². The molecule has 0 saturated heterocycles. The molecule has 0 aromatic heterocycles. The molecule has 2 bridgehead atoms. The van der Waals surface area contributed by atoms with Crippen molar-refractivity contribution in [3.05, 3.63) is 0 Å². The van der Waals surface area contributed by atoms with Crippen LogP contribution in [-0.2, 0) is 4.79 Å². The van der Waals surface area contributed by atoms with E-state index in [-0.39, 0.29) is 17.8 Å². The standard InChI is InChI=1S/C13H20F2O2/c1-13(2)7-3-4-8(10(13)5-7)9(12(14)15)6-11(16)17/h7-10,12H,3-6H2,1-2H3,(H,16,17). The van der Waals surface area contributed by atoms with Crippen LogP contribution >= 0.6 is 0 Å². The first kappa shape index (κ1) is 12.8. The van der Waals surface area contributed by atoms with Crippen LogP contribution in [0.1, 0.15) is 39.5 Å². The number of carboxylic acids is 1. The van der Waals surface area contributed by atoms with Crippen LogP contribution in [-0.4, -0.2) is 17.5 Å². The van der Waals surface area contributed by atoms with Gasteiger partial charge >= 0.3 is 5.97 Å². The van der Waals surface area contributed by atoms with Crippen LogP contribution in [0.15, 0.2) is 0 Å². The number of hydrogen-bond acceptors (Lipinski definition) is 1. The van der Waals surface area contributed by atoms with Crippen LogP contribution in [0.2, 0.25) is 0 Å². The van der Waals surface area contributed by atoms with Gasteiger partial charge in [0, 0.05) is 5.92 Å². The quantitative estimate of drug-likeness (QED) is 0.825. The van der Waals surface area contributed by atoms with E-state index in [0.29, 0.717) is 11.8 Å². The lowest BCUT2D eigenvalue weighted by molar-refractivity contribution is -0.155. The van der Waals surface area contributed by atoms with E-state index in [9.17, 15) is 13.6 Å². The predicted octanol–water partition coefficient (Wildman–Crippen LogP) is 3.41. The smallest absolute Gasteiger partial charge is 0.303 e. The molecule has 4 unspecified atom stereocenters. The molecule has 3 rings (SSSR count). The topological polar surface area (TPSA) is 37.3 Å². The van der Waals surface area contributed by atoms with Gasteiger partial charge in [-0.05, 0) is 42.4 Å². The summed E-state index contributed by atoms with van der Waals surface area (Å²) in [6.45, 7) is 4.28. The van der Waals surface area contributed by atoms with Gasteiger partial charge in [0.15, 0.2) is 0 Å². The van der Waals surface area contributed by atoms with Gasteiger partial charge in [-0.3, -0.25) is 4.79 Å². The van der Waals surface area contributed by atoms with Crippen molar-refractivity contribution < 1.29 is 18.7 Å². The highest BCUT2D eigenvalue weighted by Crippen LogP contribution is 2.63. The molecule has 3 saturated carbocycles. The van der Waals surface area contributed by atoms with Crippen molar-refractivity contribution in [1.82, 2.24) is 0 Å². The predicted molar refractivity (Wildman–Crippen MR) is 59.8 cm³/mol. The Labute approximate surface area is 100 Å². The molecule has 0 aliphatic heterocycles. The Morgan fingerprint density at radius 2 is 2.06 bits per heavy atom. The third-order valence-corrected chi connectivity index (χ3v) is 5.20. The van der Waals surface area contributed by atoms with Crippen molar-refractivity contribution in [2.24, 2.45) is 29.1 Å². The molecule has 3 aliphatic carbocycles. The van der Waals surface area contributed by atoms with E-state index in [1.165, 1.54) is 0 Å². The van der Waals surface area contributed by atoms with Crippen LogP contribution in [0.3, 0.4) is 0 Å². The van der Waals surface area contributed by atoms with Crippen LogP contribution in [0, 0.1) is 29.1 Å². The van der Waals surface area contributed by atoms with E-state index >= 15 is 0 Å². The summed E-state index contributed by atoms with van der Waals surface area (Å²) in [5.41, 5.74) is 0.133. The van der Waals surface area contributed by atoms with Crippen molar-refractivity contribution >= 4 is 5.97 Å². The minimum Gasteiger partial charge on any atom is -0.481 e. The molecule has 0 amide bonds. The number of aliphatic carboxylic acids is 1. The van der Waals surface area contributed by atoms with E-state index in [4.69, 9.17) is 5.11 Å². The fraction of sp³-hybridized carbons (Fsp3) is 0.923. The van der Waals surface area contributed by atoms with Gasteiger partial charge < -0.3 is 5.11 Å². The van der Waals surface area contributed by atoms with E-state index in [2.05, 4.69) is 13.8 Å². The van der Waals surface area contributed by atoms with E-state index < -0.39 is 18.3 Å². The van der Waals surface area contributed by atoms with Crippen molar-refractivity contribution in [3.8, 4) is 0 Å². The van der Waals surface area contributed by atoms with Gasteiger partial charge in [0.25, 0.3) is 0 Å². The SMILES string of the molecule is CC1(C)C2CCC(C(CC(=O)O)C(F)F)C1C2. The second-order valence-corrected chi connectivity index (χ2v) is 6.20. The molecule has 1 N–H and O–H groups in total. The number of alkyl halides is 2. The monoisotopic (exact) mass is 246 g/mol. The largest absolute Gasteiger partial charge is 0.481 e. The maximum atomic E-state index is 13.0. The Morgan fingerprint density at radius 3 is 2.47 bits per heavy atom. The van der Waals surface area contributed by atoms with Crippen molar-refractivity contribution in [1.29, 1.82) is 0 Å². The highest BCUT2D eigenvalue weighted by molar-refractivity contribution is 5.67. The molecule has 3 aliphatic rings. The number of rotatable bonds is 4. The minimum absolute atomic E-state index is 0.105. The summed E-state index contributed by atoms with van der Waals surface area (Å²) >= 11 is 0. The molecule has 0 aromatic rings. The lowest BCUT2D eigenvalue weighted by Crippen LogP contribution is -2.54. The van der Waals surface area contributed by atoms with Crippen LogP contribution in [0.25, 0.3) is 0 Å². The Kier molecular flexibility index (Phi) is 3.17. The molecule has 17 heavy (non-hydrogen) atoms. The lowest BCUT2D eigenvalue weighted by Gasteiger charge is -2.61. The average molecular weight is 246 g/mol. The molecular weight excluding hydrogens is 226 g/mol. The summed E-state index contributed by atoms with van der Waals surface area (Å²) in [6, 6.07) is 0. The van der Waals surface area contributed by atoms with Crippen LogP contribution in [0.5, 0.6) is 0 Å². The van der Waals surface area contributed by atoms with Crippen molar-refractivity contribution in [2.75, 3.05) is 0 Å². The third-order valence-electron chi connectivity index (χ3n) is 5.20. The molecule has 2 nitrogen and oxygen atoms in total. The van der Waals surface area contributed by atoms with Crippen molar-refractivity contribution in [2.45, 2.75) is 46.0 Å². The second kappa shape index (κ2) is 4.21. The maximum Gasteiger partial charge on any atom is 0.303 e. The number of fused-ring (bicyclic) bond motifs is 2. The number of halogens is 2. The van der Waals surface area contributed by atoms with Gasteiger partial charge in [0.1, 0.15) is 0 Å². The number of carboxylic acid groups (broad SMARTS) is 1. The summed E-state index contributed by atoms with van der Waals surface area (Å²) < 4.78 is 26.0. The maximum absolute atomic E-state index is 13.0. The van der Waals surface area contributed by atoms with Crippen LogP contribution in [0.4, 0.5) is 8.78 Å². The fourth-order valence-corrected chi connectivity index (χ4v) is 4.01. The highest BCUT2D eigenvalue weighted by Gasteiger charge is 2.56. The molecule has 4 heteroatoms. The highest BCUT2D eigenvalue weighted by atomic mass is 19.3. The van der Waals surface area contributed by atoms with Gasteiger partial charge in [-0.25, -0.2) is 8.78 Å². The molecule has 98 valence electrons. The van der Waals surface area contributed by atoms with E-state index in [0.717, 1.165) is 19.3 Å². The Balaban J connectivity index is 2.11. The zero-order valence-corrected chi connectivity index (χ0v) is 10.3. The van der Waals surface area contributed by atoms with Gasteiger partial charge in [-0.2, -0.15) is 0 Å².